The molecule has 0 aromatic heterocycles. The van der Waals surface area contributed by atoms with Crippen molar-refractivity contribution in [2.24, 2.45) is 0 Å². The number of carbonyl (C=O) groups is 2. The molecule has 1 heterocycles. The van der Waals surface area contributed by atoms with Crippen LogP contribution in [0.1, 0.15) is 50.2 Å². The maximum absolute atomic E-state index is 12.2. The number of likely N-dealkylation sites (tertiary alicyclic amines) is 1. The van der Waals surface area contributed by atoms with Crippen LogP contribution in [-0.4, -0.2) is 39.6 Å². The first-order chi connectivity index (χ1) is 12.6. The molecule has 26 heavy (non-hydrogen) atoms. The fourth-order valence-corrected chi connectivity index (χ4v) is 3.06. The number of hydrogen-bond donors (Lipinski definition) is 2. The molecule has 5 nitrogen and oxygen atoms in total. The van der Waals surface area contributed by atoms with Gasteiger partial charge in [0.2, 0.25) is 5.91 Å². The zero-order chi connectivity index (χ0) is 18.8. The minimum atomic E-state index is -0.785. The quantitative estimate of drug-likeness (QED) is 0.524. The number of amides is 1. The fraction of sp³-hybridized carbons (Fsp3) is 0.429. The summed E-state index contributed by atoms with van der Waals surface area (Å²) in [7, 11) is 0. The van der Waals surface area contributed by atoms with E-state index in [4.69, 9.17) is 5.11 Å². The molecule has 0 spiro atoms. The summed E-state index contributed by atoms with van der Waals surface area (Å²) in [4.78, 5) is 24.6. The van der Waals surface area contributed by atoms with Crippen molar-refractivity contribution in [3.63, 3.8) is 0 Å². The van der Waals surface area contributed by atoms with Gasteiger partial charge in [0.15, 0.2) is 0 Å². The normalized spacial score (nSPS) is 19.3. The van der Waals surface area contributed by atoms with Crippen LogP contribution in [0.15, 0.2) is 54.6 Å². The molecule has 5 heteroatoms. The molecule has 1 amide bonds. The Morgan fingerprint density at radius 2 is 2.04 bits per heavy atom. The van der Waals surface area contributed by atoms with Crippen LogP contribution in [0.5, 0.6) is 0 Å². The molecule has 140 valence electrons. The first-order valence-electron chi connectivity index (χ1n) is 9.15. The lowest BCUT2D eigenvalue weighted by Gasteiger charge is -2.33. The average Bonchev–Trinajstić information content (AvgIpc) is 2.64. The van der Waals surface area contributed by atoms with Crippen molar-refractivity contribution in [1.82, 2.24) is 4.90 Å². The number of allylic oxidation sites excluding steroid dienone is 1. The molecule has 1 fully saturated rings. The van der Waals surface area contributed by atoms with Crippen molar-refractivity contribution in [3.05, 3.63) is 60.2 Å². The predicted molar refractivity (Wildman–Crippen MR) is 101 cm³/mol. The molecule has 0 saturated carbocycles. The largest absolute Gasteiger partial charge is 0.481 e. The fourth-order valence-electron chi connectivity index (χ4n) is 3.06. The van der Waals surface area contributed by atoms with Gasteiger partial charge in [0.1, 0.15) is 0 Å². The molecule has 1 saturated heterocycles. The number of nitrogens with zero attached hydrogens (tertiary/aromatic N) is 1. The summed E-state index contributed by atoms with van der Waals surface area (Å²) in [6, 6.07) is 9.41. The van der Waals surface area contributed by atoms with Gasteiger partial charge in [0.25, 0.3) is 0 Å². The monoisotopic (exact) mass is 357 g/mol. The molecule has 2 atom stereocenters. The number of aliphatic carboxylic acids is 1. The lowest BCUT2D eigenvalue weighted by Crippen LogP contribution is -2.42. The van der Waals surface area contributed by atoms with Crippen molar-refractivity contribution in [3.8, 4) is 0 Å². The predicted octanol–water partition coefficient (Wildman–Crippen LogP) is 3.47. The number of carboxylic acid groups (broad SMARTS) is 1. The van der Waals surface area contributed by atoms with E-state index in [1.165, 1.54) is 0 Å². The van der Waals surface area contributed by atoms with Gasteiger partial charge >= 0.3 is 5.97 Å². The van der Waals surface area contributed by atoms with Gasteiger partial charge in [-0.3, -0.25) is 9.59 Å². The van der Waals surface area contributed by atoms with E-state index in [1.54, 1.807) is 6.08 Å². The van der Waals surface area contributed by atoms with Gasteiger partial charge in [-0.15, -0.1) is 0 Å². The molecule has 0 bridgehead atoms. The van der Waals surface area contributed by atoms with Gasteiger partial charge < -0.3 is 15.1 Å². The second-order valence-corrected chi connectivity index (χ2v) is 6.50. The molecule has 0 aliphatic carbocycles. The Bertz CT molecular complexity index is 639. The first kappa shape index (κ1) is 19.9. The molecule has 1 aromatic rings. The van der Waals surface area contributed by atoms with E-state index < -0.39 is 12.1 Å². The number of piperidine rings is 1. The van der Waals surface area contributed by atoms with E-state index in [0.717, 1.165) is 18.4 Å². The Balaban J connectivity index is 1.90. The van der Waals surface area contributed by atoms with Crippen molar-refractivity contribution in [2.45, 2.75) is 50.7 Å². The van der Waals surface area contributed by atoms with Gasteiger partial charge in [-0.1, -0.05) is 54.6 Å². The number of aliphatic hydroxyl groups excluding tert-OH is 1. The molecular formula is C21H27NO4. The summed E-state index contributed by atoms with van der Waals surface area (Å²) >= 11 is 0. The van der Waals surface area contributed by atoms with Gasteiger partial charge in [0, 0.05) is 19.4 Å². The third-order valence-corrected chi connectivity index (χ3v) is 4.50. The Hall–Kier alpha value is -2.40. The minimum Gasteiger partial charge on any atom is -0.481 e. The van der Waals surface area contributed by atoms with Crippen molar-refractivity contribution >= 4 is 11.9 Å². The highest BCUT2D eigenvalue weighted by atomic mass is 16.4. The third-order valence-electron chi connectivity index (χ3n) is 4.50. The Kier molecular flexibility index (Phi) is 8.09. The Morgan fingerprint density at radius 1 is 1.27 bits per heavy atom. The average molecular weight is 357 g/mol. The van der Waals surface area contributed by atoms with Crippen LogP contribution in [0, 0.1) is 0 Å². The molecule has 2 N–H and O–H groups in total. The standard InChI is InChI=1S/C21H27NO4/c23-19(17-9-4-3-5-10-17)15-14-18-11-8-12-20(24)22(18)16-7-2-1-6-13-21(25)26/h2-5,7,9-10,14-15,18-19,23H,1,6,8,11-13,16H2,(H,25,26)/t18-,19?/m1/s1. The summed E-state index contributed by atoms with van der Waals surface area (Å²) in [6.45, 7) is 0.516. The third kappa shape index (κ3) is 6.48. The van der Waals surface area contributed by atoms with Crippen molar-refractivity contribution in [2.75, 3.05) is 6.54 Å². The van der Waals surface area contributed by atoms with Gasteiger partial charge in [-0.05, 0) is 31.2 Å². The van der Waals surface area contributed by atoms with Gasteiger partial charge in [0.05, 0.1) is 12.1 Å². The maximum Gasteiger partial charge on any atom is 0.303 e. The summed E-state index contributed by atoms with van der Waals surface area (Å²) in [5, 5.41) is 18.9. The summed E-state index contributed by atoms with van der Waals surface area (Å²) in [5.74, 6) is -0.665. The van der Waals surface area contributed by atoms with E-state index in [-0.39, 0.29) is 18.4 Å². The van der Waals surface area contributed by atoms with Crippen LogP contribution in [-0.2, 0) is 9.59 Å². The molecule has 1 aliphatic rings. The highest BCUT2D eigenvalue weighted by Gasteiger charge is 2.25. The van der Waals surface area contributed by atoms with Crippen LogP contribution < -0.4 is 0 Å². The van der Waals surface area contributed by atoms with Crippen LogP contribution in [0.3, 0.4) is 0 Å². The number of unbranched alkanes of at least 4 members (excludes halogenated alkanes) is 1. The van der Waals surface area contributed by atoms with Crippen molar-refractivity contribution < 1.29 is 19.8 Å². The van der Waals surface area contributed by atoms with Crippen LogP contribution in [0.4, 0.5) is 0 Å². The Morgan fingerprint density at radius 3 is 2.77 bits per heavy atom. The van der Waals surface area contributed by atoms with E-state index >= 15 is 0 Å². The van der Waals surface area contributed by atoms with E-state index in [1.807, 2.05) is 53.5 Å². The van der Waals surface area contributed by atoms with Crippen LogP contribution >= 0.6 is 0 Å². The van der Waals surface area contributed by atoms with Crippen LogP contribution in [0.2, 0.25) is 0 Å². The van der Waals surface area contributed by atoms with Crippen molar-refractivity contribution in [1.29, 1.82) is 0 Å². The summed E-state index contributed by atoms with van der Waals surface area (Å²) < 4.78 is 0. The number of carboxylic acids is 1. The molecular weight excluding hydrogens is 330 g/mol. The minimum absolute atomic E-state index is 0.0155. The van der Waals surface area contributed by atoms with Gasteiger partial charge in [-0.25, -0.2) is 0 Å². The summed E-state index contributed by atoms with van der Waals surface area (Å²) in [6.07, 6.45) is 10.6. The van der Waals surface area contributed by atoms with E-state index in [9.17, 15) is 14.7 Å². The number of aliphatic hydroxyl groups is 1. The topological polar surface area (TPSA) is 77.8 Å². The molecule has 1 unspecified atom stereocenters. The number of carbonyl (C=O) groups excluding carboxylic acids is 1. The van der Waals surface area contributed by atoms with E-state index in [2.05, 4.69) is 0 Å². The molecule has 2 rings (SSSR count). The smallest absolute Gasteiger partial charge is 0.303 e. The maximum atomic E-state index is 12.2. The second-order valence-electron chi connectivity index (χ2n) is 6.50. The zero-order valence-electron chi connectivity index (χ0n) is 15.0. The lowest BCUT2D eigenvalue weighted by atomic mass is 9.99. The number of hydrogen-bond acceptors (Lipinski definition) is 3. The molecule has 0 radical (unpaired) electrons. The highest BCUT2D eigenvalue weighted by Crippen LogP contribution is 2.21. The number of rotatable bonds is 9. The molecule has 1 aliphatic heterocycles. The SMILES string of the molecule is O=C(O)CCCC=CCN1C(=O)CCC[C@@H]1C=CC(O)c1ccccc1. The second kappa shape index (κ2) is 10.6. The first-order valence-corrected chi connectivity index (χ1v) is 9.15. The number of benzene rings is 1. The Labute approximate surface area is 154 Å². The summed E-state index contributed by atoms with van der Waals surface area (Å²) in [5.41, 5.74) is 0.829. The molecule has 1 aromatic carbocycles. The lowest BCUT2D eigenvalue weighted by molar-refractivity contribution is -0.137. The highest BCUT2D eigenvalue weighted by molar-refractivity contribution is 5.77. The van der Waals surface area contributed by atoms with Crippen LogP contribution in [0.25, 0.3) is 0 Å². The zero-order valence-corrected chi connectivity index (χ0v) is 15.0. The van der Waals surface area contributed by atoms with Gasteiger partial charge in [-0.2, -0.15) is 0 Å². The van der Waals surface area contributed by atoms with E-state index in [0.29, 0.717) is 25.8 Å².